The maximum absolute atomic E-state index is 13.1. The lowest BCUT2D eigenvalue weighted by Gasteiger charge is -2.57. The average molecular weight is 444 g/mol. The Morgan fingerprint density at radius 2 is 1.87 bits per heavy atom. The van der Waals surface area contributed by atoms with E-state index in [1.165, 1.54) is 38.5 Å². The summed E-state index contributed by atoms with van der Waals surface area (Å²) in [4.78, 5) is 27.8. The number of hydrogen-bond acceptors (Lipinski definition) is 4. The Morgan fingerprint density at radius 1 is 1.16 bits per heavy atom. The monoisotopic (exact) mass is 443 g/mol. The minimum absolute atomic E-state index is 0.00619. The third-order valence-corrected chi connectivity index (χ3v) is 8.47. The lowest BCUT2D eigenvalue weighted by atomic mass is 9.53. The fraction of sp³-hybridized carbons (Fsp3) is 0.667. The van der Waals surface area contributed by atoms with Gasteiger partial charge in [0.25, 0.3) is 0 Å². The van der Waals surface area contributed by atoms with Crippen LogP contribution in [-0.4, -0.2) is 40.5 Å². The maximum Gasteiger partial charge on any atom is 0.420 e. The third-order valence-electron chi connectivity index (χ3n) is 8.23. The lowest BCUT2D eigenvalue weighted by molar-refractivity contribution is -0.128. The smallest absolute Gasteiger partial charge is 0.408 e. The summed E-state index contributed by atoms with van der Waals surface area (Å²) >= 11 is 6.16. The minimum atomic E-state index is -0.345. The van der Waals surface area contributed by atoms with Gasteiger partial charge in [0.2, 0.25) is 5.91 Å². The summed E-state index contributed by atoms with van der Waals surface area (Å²) in [5.41, 5.74) is 1.35. The summed E-state index contributed by atoms with van der Waals surface area (Å²) in [6.07, 6.45) is 9.49. The largest absolute Gasteiger partial charge is 0.420 e. The molecule has 1 aromatic carbocycles. The SMILES string of the molecule is O=C(CN1CCC[C@H](n2c(=O)oc3ccc(Cl)cc32)C1)NC12CC3CC(CC(C3)C1)C2. The highest BCUT2D eigenvalue weighted by Crippen LogP contribution is 2.55. The molecule has 1 aliphatic heterocycles. The Morgan fingerprint density at radius 3 is 2.58 bits per heavy atom. The van der Waals surface area contributed by atoms with Gasteiger partial charge in [0.1, 0.15) is 0 Å². The third kappa shape index (κ3) is 3.62. The van der Waals surface area contributed by atoms with Crippen molar-refractivity contribution in [2.45, 2.75) is 62.9 Å². The molecule has 4 aliphatic carbocycles. The number of amides is 1. The lowest BCUT2D eigenvalue weighted by Crippen LogP contribution is -2.61. The molecule has 2 heterocycles. The van der Waals surface area contributed by atoms with Crippen molar-refractivity contribution in [3.05, 3.63) is 33.8 Å². The molecule has 0 spiro atoms. The zero-order valence-corrected chi connectivity index (χ0v) is 18.6. The molecule has 166 valence electrons. The van der Waals surface area contributed by atoms with E-state index in [-0.39, 0.29) is 23.2 Å². The van der Waals surface area contributed by atoms with Crippen molar-refractivity contribution in [2.75, 3.05) is 19.6 Å². The van der Waals surface area contributed by atoms with Gasteiger partial charge in [0, 0.05) is 17.1 Å². The van der Waals surface area contributed by atoms with E-state index in [9.17, 15) is 9.59 Å². The molecule has 1 atom stereocenters. The molecule has 5 fully saturated rings. The first-order chi connectivity index (χ1) is 15.0. The molecule has 4 saturated carbocycles. The molecule has 4 bridgehead atoms. The molecule has 1 aromatic heterocycles. The zero-order chi connectivity index (χ0) is 21.2. The van der Waals surface area contributed by atoms with Crippen LogP contribution < -0.4 is 11.1 Å². The van der Waals surface area contributed by atoms with Crippen LogP contribution in [0.2, 0.25) is 5.02 Å². The molecule has 6 nitrogen and oxygen atoms in total. The maximum atomic E-state index is 13.1. The van der Waals surface area contributed by atoms with Crippen LogP contribution in [0.5, 0.6) is 0 Å². The van der Waals surface area contributed by atoms with Crippen molar-refractivity contribution in [3.8, 4) is 0 Å². The Kier molecular flexibility index (Phi) is 4.73. The van der Waals surface area contributed by atoms with Crippen LogP contribution in [0.15, 0.2) is 27.4 Å². The van der Waals surface area contributed by atoms with Gasteiger partial charge in [-0.25, -0.2) is 4.79 Å². The van der Waals surface area contributed by atoms with Gasteiger partial charge < -0.3 is 9.73 Å². The molecular weight excluding hydrogens is 414 g/mol. The molecule has 5 aliphatic rings. The number of carbonyl (C=O) groups is 1. The van der Waals surface area contributed by atoms with E-state index in [1.54, 1.807) is 22.8 Å². The van der Waals surface area contributed by atoms with Gasteiger partial charge in [-0.15, -0.1) is 0 Å². The predicted molar refractivity (Wildman–Crippen MR) is 119 cm³/mol. The topological polar surface area (TPSA) is 67.5 Å². The summed E-state index contributed by atoms with van der Waals surface area (Å²) in [6.45, 7) is 1.97. The standard InChI is InChI=1S/C24H30ClN3O3/c25-18-3-4-21-20(9-18)28(23(30)31-21)19-2-1-5-27(13-19)14-22(29)26-24-10-15-6-16(11-24)8-17(7-15)12-24/h3-4,9,15-17,19H,1-2,5-8,10-14H2,(H,26,29)/t15?,16?,17?,19-,24?/m0/s1. The average Bonchev–Trinajstić information content (AvgIpc) is 3.01. The van der Waals surface area contributed by atoms with Crippen molar-refractivity contribution in [1.29, 1.82) is 0 Å². The van der Waals surface area contributed by atoms with E-state index in [4.69, 9.17) is 16.0 Å². The quantitative estimate of drug-likeness (QED) is 0.776. The fourth-order valence-electron chi connectivity index (χ4n) is 7.54. The molecule has 31 heavy (non-hydrogen) atoms. The van der Waals surface area contributed by atoms with Gasteiger partial charge in [-0.2, -0.15) is 0 Å². The number of benzene rings is 1. The van der Waals surface area contributed by atoms with Gasteiger partial charge in [0.15, 0.2) is 5.58 Å². The Balaban J connectivity index is 1.15. The summed E-state index contributed by atoms with van der Waals surface area (Å²) < 4.78 is 7.16. The van der Waals surface area contributed by atoms with E-state index < -0.39 is 0 Å². The molecule has 0 radical (unpaired) electrons. The highest BCUT2D eigenvalue weighted by molar-refractivity contribution is 6.31. The van der Waals surface area contributed by atoms with Crippen LogP contribution in [-0.2, 0) is 4.79 Å². The van der Waals surface area contributed by atoms with Crippen LogP contribution in [0.25, 0.3) is 11.1 Å². The van der Waals surface area contributed by atoms with Gasteiger partial charge in [0.05, 0.1) is 18.1 Å². The molecular formula is C24H30ClN3O3. The second-order valence-electron chi connectivity index (χ2n) is 10.6. The van der Waals surface area contributed by atoms with E-state index >= 15 is 0 Å². The number of piperidine rings is 1. The van der Waals surface area contributed by atoms with Crippen molar-refractivity contribution in [2.24, 2.45) is 17.8 Å². The Hall–Kier alpha value is -1.79. The number of hydrogen-bond donors (Lipinski definition) is 1. The van der Waals surface area contributed by atoms with Crippen molar-refractivity contribution >= 4 is 28.6 Å². The van der Waals surface area contributed by atoms with E-state index in [0.29, 0.717) is 23.7 Å². The normalized spacial score (nSPS) is 35.0. The van der Waals surface area contributed by atoms with Crippen LogP contribution in [0, 0.1) is 17.8 Å². The number of halogens is 1. The molecule has 1 amide bonds. The van der Waals surface area contributed by atoms with Gasteiger partial charge >= 0.3 is 5.76 Å². The van der Waals surface area contributed by atoms with Gasteiger partial charge in [-0.3, -0.25) is 14.3 Å². The second kappa shape index (κ2) is 7.38. The molecule has 7 rings (SSSR count). The first-order valence-corrected chi connectivity index (χ1v) is 12.2. The summed E-state index contributed by atoms with van der Waals surface area (Å²) in [6, 6.07) is 5.27. The van der Waals surface area contributed by atoms with Gasteiger partial charge in [-0.05, 0) is 93.9 Å². The highest BCUT2D eigenvalue weighted by atomic mass is 35.5. The van der Waals surface area contributed by atoms with Gasteiger partial charge in [-0.1, -0.05) is 11.6 Å². The second-order valence-corrected chi connectivity index (χ2v) is 11.1. The number of carbonyl (C=O) groups excluding carboxylic acids is 1. The minimum Gasteiger partial charge on any atom is -0.408 e. The van der Waals surface area contributed by atoms with Crippen LogP contribution >= 0.6 is 11.6 Å². The molecule has 7 heteroatoms. The number of likely N-dealkylation sites (tertiary alicyclic amines) is 1. The number of aromatic nitrogens is 1. The van der Waals surface area contributed by atoms with Crippen LogP contribution in [0.3, 0.4) is 0 Å². The van der Waals surface area contributed by atoms with Crippen LogP contribution in [0.4, 0.5) is 0 Å². The number of rotatable bonds is 4. The highest BCUT2D eigenvalue weighted by Gasteiger charge is 2.51. The summed E-state index contributed by atoms with van der Waals surface area (Å²) in [5, 5.41) is 4.07. The molecule has 1 N–H and O–H groups in total. The summed E-state index contributed by atoms with van der Waals surface area (Å²) in [7, 11) is 0. The fourth-order valence-corrected chi connectivity index (χ4v) is 7.71. The Labute approximate surface area is 186 Å². The zero-order valence-electron chi connectivity index (χ0n) is 17.8. The number of nitrogens with one attached hydrogen (secondary N) is 1. The molecule has 1 saturated heterocycles. The number of nitrogens with zero attached hydrogens (tertiary/aromatic N) is 2. The first-order valence-electron chi connectivity index (χ1n) is 11.8. The summed E-state index contributed by atoms with van der Waals surface area (Å²) in [5.74, 6) is 2.26. The predicted octanol–water partition coefficient (Wildman–Crippen LogP) is 3.97. The van der Waals surface area contributed by atoms with Crippen molar-refractivity contribution < 1.29 is 9.21 Å². The van der Waals surface area contributed by atoms with Crippen molar-refractivity contribution in [1.82, 2.24) is 14.8 Å². The number of fused-ring (bicyclic) bond motifs is 1. The van der Waals surface area contributed by atoms with E-state index in [0.717, 1.165) is 42.7 Å². The van der Waals surface area contributed by atoms with E-state index in [1.807, 2.05) is 0 Å². The molecule has 0 unspecified atom stereocenters. The number of oxazole rings is 1. The van der Waals surface area contributed by atoms with Crippen LogP contribution in [0.1, 0.15) is 57.4 Å². The van der Waals surface area contributed by atoms with E-state index in [2.05, 4.69) is 10.2 Å². The Bertz CT molecular complexity index is 1040. The molecule has 2 aromatic rings. The van der Waals surface area contributed by atoms with Crippen molar-refractivity contribution in [3.63, 3.8) is 0 Å². The first kappa shape index (κ1) is 19.9.